The zero-order valence-electron chi connectivity index (χ0n) is 15.4. The number of ether oxygens (including phenoxy) is 2. The Bertz CT molecular complexity index is 761. The van der Waals surface area contributed by atoms with Crippen LogP contribution in [0.15, 0.2) is 47.4 Å². The van der Waals surface area contributed by atoms with Gasteiger partial charge in [0.1, 0.15) is 5.75 Å². The maximum absolute atomic E-state index is 12.5. The lowest BCUT2D eigenvalue weighted by molar-refractivity contribution is 0.0857. The smallest absolute Gasteiger partial charge is 0.251 e. The molecule has 1 N–H and O–H groups in total. The highest BCUT2D eigenvalue weighted by Gasteiger charge is 2.17. The molecule has 144 valence electrons. The van der Waals surface area contributed by atoms with Crippen molar-refractivity contribution in [2.75, 3.05) is 19.8 Å². The number of carbonyl (C=O) groups is 1. The van der Waals surface area contributed by atoms with Gasteiger partial charge in [0.05, 0.1) is 12.7 Å². The van der Waals surface area contributed by atoms with Crippen molar-refractivity contribution in [3.05, 3.63) is 58.6 Å². The summed E-state index contributed by atoms with van der Waals surface area (Å²) in [4.78, 5) is 13.6. The Hall–Kier alpha value is -1.69. The highest BCUT2D eigenvalue weighted by atomic mass is 35.5. The SMILES string of the molecule is CCOc1ccc(C(=O)NC[C@H]2CCCO2)cc1CSc1ccc(Cl)cc1. The Morgan fingerprint density at radius 2 is 2.11 bits per heavy atom. The van der Waals surface area contributed by atoms with Gasteiger partial charge < -0.3 is 14.8 Å². The van der Waals surface area contributed by atoms with E-state index in [0.717, 1.165) is 40.7 Å². The molecule has 0 aromatic heterocycles. The van der Waals surface area contributed by atoms with Crippen molar-refractivity contribution in [3.63, 3.8) is 0 Å². The summed E-state index contributed by atoms with van der Waals surface area (Å²) in [5.41, 5.74) is 1.64. The van der Waals surface area contributed by atoms with E-state index < -0.39 is 0 Å². The second-order valence-corrected chi connectivity index (χ2v) is 7.83. The molecule has 6 heteroatoms. The van der Waals surface area contributed by atoms with E-state index in [1.54, 1.807) is 11.8 Å². The number of hydrogen-bond donors (Lipinski definition) is 1. The Morgan fingerprint density at radius 1 is 1.30 bits per heavy atom. The van der Waals surface area contributed by atoms with Crippen LogP contribution in [-0.4, -0.2) is 31.8 Å². The monoisotopic (exact) mass is 405 g/mol. The average Bonchev–Trinajstić information content (AvgIpc) is 3.20. The largest absolute Gasteiger partial charge is 0.494 e. The van der Waals surface area contributed by atoms with E-state index in [1.807, 2.05) is 49.4 Å². The van der Waals surface area contributed by atoms with Crippen molar-refractivity contribution in [3.8, 4) is 5.75 Å². The van der Waals surface area contributed by atoms with E-state index in [0.29, 0.717) is 24.5 Å². The van der Waals surface area contributed by atoms with Crippen LogP contribution in [0.3, 0.4) is 0 Å². The van der Waals surface area contributed by atoms with Gasteiger partial charge in [-0.15, -0.1) is 11.8 Å². The van der Waals surface area contributed by atoms with Gasteiger partial charge in [-0.1, -0.05) is 11.6 Å². The van der Waals surface area contributed by atoms with E-state index in [2.05, 4.69) is 5.32 Å². The van der Waals surface area contributed by atoms with Gasteiger partial charge in [0, 0.05) is 39.9 Å². The number of amides is 1. The minimum absolute atomic E-state index is 0.0775. The number of thioether (sulfide) groups is 1. The molecule has 0 unspecified atom stereocenters. The van der Waals surface area contributed by atoms with Crippen LogP contribution in [0.25, 0.3) is 0 Å². The van der Waals surface area contributed by atoms with Crippen LogP contribution >= 0.6 is 23.4 Å². The summed E-state index contributed by atoms with van der Waals surface area (Å²) in [6.45, 7) is 3.89. The highest BCUT2D eigenvalue weighted by Crippen LogP contribution is 2.29. The molecule has 0 spiro atoms. The van der Waals surface area contributed by atoms with Crippen molar-refractivity contribution in [1.82, 2.24) is 5.32 Å². The summed E-state index contributed by atoms with van der Waals surface area (Å²) in [5.74, 6) is 1.45. The normalized spacial score (nSPS) is 16.3. The fourth-order valence-electron chi connectivity index (χ4n) is 2.94. The van der Waals surface area contributed by atoms with Crippen molar-refractivity contribution < 1.29 is 14.3 Å². The van der Waals surface area contributed by atoms with Gasteiger partial charge in [0.15, 0.2) is 0 Å². The predicted octanol–water partition coefficient (Wildman–Crippen LogP) is 4.94. The van der Waals surface area contributed by atoms with Gasteiger partial charge in [0.25, 0.3) is 5.91 Å². The summed E-state index contributed by atoms with van der Waals surface area (Å²) in [5, 5.41) is 3.69. The molecule has 0 bridgehead atoms. The number of hydrogen-bond acceptors (Lipinski definition) is 4. The lowest BCUT2D eigenvalue weighted by Gasteiger charge is -2.14. The van der Waals surface area contributed by atoms with Gasteiger partial charge >= 0.3 is 0 Å². The second-order valence-electron chi connectivity index (χ2n) is 6.34. The third kappa shape index (κ3) is 5.89. The molecule has 1 atom stereocenters. The topological polar surface area (TPSA) is 47.6 Å². The molecule has 1 heterocycles. The molecule has 1 aliphatic rings. The summed E-state index contributed by atoms with van der Waals surface area (Å²) in [7, 11) is 0. The third-order valence-electron chi connectivity index (χ3n) is 4.34. The number of rotatable bonds is 8. The van der Waals surface area contributed by atoms with Crippen LogP contribution < -0.4 is 10.1 Å². The molecule has 2 aromatic carbocycles. The highest BCUT2D eigenvalue weighted by molar-refractivity contribution is 7.98. The second kappa shape index (κ2) is 10.0. The van der Waals surface area contributed by atoms with E-state index in [9.17, 15) is 4.79 Å². The van der Waals surface area contributed by atoms with E-state index >= 15 is 0 Å². The van der Waals surface area contributed by atoms with E-state index in [-0.39, 0.29) is 12.0 Å². The number of nitrogens with one attached hydrogen (secondary N) is 1. The van der Waals surface area contributed by atoms with E-state index in [4.69, 9.17) is 21.1 Å². The minimum Gasteiger partial charge on any atom is -0.494 e. The van der Waals surface area contributed by atoms with Gasteiger partial charge in [0.2, 0.25) is 0 Å². The number of halogens is 1. The Labute approximate surface area is 169 Å². The molecule has 2 aromatic rings. The molecule has 0 saturated carbocycles. The van der Waals surface area contributed by atoms with Crippen molar-refractivity contribution in [2.45, 2.75) is 36.5 Å². The quantitative estimate of drug-likeness (QED) is 0.632. The van der Waals surface area contributed by atoms with Crippen LogP contribution in [0.4, 0.5) is 0 Å². The van der Waals surface area contributed by atoms with Gasteiger partial charge in [-0.3, -0.25) is 4.79 Å². The molecule has 1 aliphatic heterocycles. The first kappa shape index (κ1) is 20.1. The molecule has 0 radical (unpaired) electrons. The molecular formula is C21H24ClNO3S. The minimum atomic E-state index is -0.0775. The fraction of sp³-hybridized carbons (Fsp3) is 0.381. The van der Waals surface area contributed by atoms with Gasteiger partial charge in [-0.2, -0.15) is 0 Å². The van der Waals surface area contributed by atoms with Gasteiger partial charge in [-0.05, 0) is 62.2 Å². The first-order valence-electron chi connectivity index (χ1n) is 9.19. The average molecular weight is 406 g/mol. The number of benzene rings is 2. The summed E-state index contributed by atoms with van der Waals surface area (Å²) in [6.07, 6.45) is 2.21. The lowest BCUT2D eigenvalue weighted by Crippen LogP contribution is -2.31. The van der Waals surface area contributed by atoms with Crippen LogP contribution in [0.1, 0.15) is 35.7 Å². The van der Waals surface area contributed by atoms with Crippen molar-refractivity contribution in [1.29, 1.82) is 0 Å². The fourth-order valence-corrected chi connectivity index (χ4v) is 3.94. The molecular weight excluding hydrogens is 382 g/mol. The Balaban J connectivity index is 1.67. The van der Waals surface area contributed by atoms with Crippen molar-refractivity contribution in [2.24, 2.45) is 0 Å². The standard InChI is InChI=1S/C21H24ClNO3S/c1-2-25-20-10-5-15(21(24)23-13-18-4-3-11-26-18)12-16(20)14-27-19-8-6-17(22)7-9-19/h5-10,12,18H,2-4,11,13-14H2,1H3,(H,23,24)/t18-/m1/s1. The first-order valence-corrected chi connectivity index (χ1v) is 10.6. The third-order valence-corrected chi connectivity index (χ3v) is 5.66. The van der Waals surface area contributed by atoms with E-state index in [1.165, 1.54) is 0 Å². The molecule has 0 aliphatic carbocycles. The zero-order valence-corrected chi connectivity index (χ0v) is 16.9. The van der Waals surface area contributed by atoms with Crippen LogP contribution in [0.2, 0.25) is 5.02 Å². The Morgan fingerprint density at radius 3 is 2.81 bits per heavy atom. The Kier molecular flexibility index (Phi) is 7.44. The van der Waals surface area contributed by atoms with Gasteiger partial charge in [-0.25, -0.2) is 0 Å². The first-order chi connectivity index (χ1) is 13.2. The molecule has 27 heavy (non-hydrogen) atoms. The number of carbonyl (C=O) groups excluding carboxylic acids is 1. The molecule has 4 nitrogen and oxygen atoms in total. The molecule has 1 saturated heterocycles. The van der Waals surface area contributed by atoms with Crippen molar-refractivity contribution >= 4 is 29.3 Å². The van der Waals surface area contributed by atoms with Crippen LogP contribution in [0.5, 0.6) is 5.75 Å². The molecule has 3 rings (SSSR count). The maximum atomic E-state index is 12.5. The summed E-state index contributed by atoms with van der Waals surface area (Å²) >= 11 is 7.63. The molecule has 1 fully saturated rings. The lowest BCUT2D eigenvalue weighted by atomic mass is 10.1. The maximum Gasteiger partial charge on any atom is 0.251 e. The zero-order chi connectivity index (χ0) is 19.1. The summed E-state index contributed by atoms with van der Waals surface area (Å²) in [6, 6.07) is 13.3. The molecule has 1 amide bonds. The van der Waals surface area contributed by atoms with Crippen LogP contribution in [0, 0.1) is 0 Å². The predicted molar refractivity (Wildman–Crippen MR) is 110 cm³/mol. The van der Waals surface area contributed by atoms with Crippen LogP contribution in [-0.2, 0) is 10.5 Å². The summed E-state index contributed by atoms with van der Waals surface area (Å²) < 4.78 is 11.3.